The molecule has 0 radical (unpaired) electrons. The van der Waals surface area contributed by atoms with Crippen LogP contribution in [0.2, 0.25) is 0 Å². The summed E-state index contributed by atoms with van der Waals surface area (Å²) in [7, 11) is 0. The number of nitrogens with two attached hydrogens (primary N) is 1. The Kier molecular flexibility index (Phi) is 4.37. The molecule has 0 saturated heterocycles. The average molecular weight is 246 g/mol. The van der Waals surface area contributed by atoms with Crippen molar-refractivity contribution in [3.8, 4) is 0 Å². The largest absolute Gasteiger partial charge is 0.326 e. The summed E-state index contributed by atoms with van der Waals surface area (Å²) in [5.74, 6) is 0.214. The molecule has 3 heteroatoms. The average Bonchev–Trinajstić information content (AvgIpc) is 2.38. The van der Waals surface area contributed by atoms with Gasteiger partial charge in [0.1, 0.15) is 0 Å². The fourth-order valence-corrected chi connectivity index (χ4v) is 2.52. The number of unbranched alkanes of at least 4 members (excludes halogenated alkanes) is 2. The molecule has 0 fully saturated rings. The quantitative estimate of drug-likeness (QED) is 0.830. The van der Waals surface area contributed by atoms with Crippen molar-refractivity contribution < 1.29 is 4.79 Å². The van der Waals surface area contributed by atoms with Crippen molar-refractivity contribution in [2.45, 2.75) is 45.1 Å². The third kappa shape index (κ3) is 2.91. The smallest absolute Gasteiger partial charge is 0.227 e. The number of hydrogen-bond donors (Lipinski definition) is 1. The first-order valence-corrected chi connectivity index (χ1v) is 6.86. The molecule has 0 bridgehead atoms. The summed E-state index contributed by atoms with van der Waals surface area (Å²) >= 11 is 0. The third-order valence-electron chi connectivity index (χ3n) is 3.48. The van der Waals surface area contributed by atoms with E-state index in [2.05, 4.69) is 13.0 Å². The van der Waals surface area contributed by atoms with Crippen LogP contribution >= 0.6 is 0 Å². The number of anilines is 1. The lowest BCUT2D eigenvalue weighted by molar-refractivity contribution is -0.118. The molecule has 1 aliphatic rings. The first-order valence-electron chi connectivity index (χ1n) is 6.86. The molecule has 2 N–H and O–H groups in total. The molecule has 3 nitrogen and oxygen atoms in total. The number of carbonyl (C=O) groups is 1. The van der Waals surface area contributed by atoms with E-state index in [0.717, 1.165) is 31.4 Å². The van der Waals surface area contributed by atoms with Crippen LogP contribution < -0.4 is 10.6 Å². The van der Waals surface area contributed by atoms with Crippen LogP contribution in [0, 0.1) is 0 Å². The molecule has 0 aromatic heterocycles. The van der Waals surface area contributed by atoms with Crippen molar-refractivity contribution in [2.24, 2.45) is 5.73 Å². The molecule has 1 unspecified atom stereocenters. The lowest BCUT2D eigenvalue weighted by Crippen LogP contribution is -2.46. The number of fused-ring (bicyclic) bond motifs is 1. The Hall–Kier alpha value is -1.35. The van der Waals surface area contributed by atoms with E-state index in [4.69, 9.17) is 5.73 Å². The summed E-state index contributed by atoms with van der Waals surface area (Å²) in [5.41, 5.74) is 8.29. The van der Waals surface area contributed by atoms with Crippen molar-refractivity contribution in [3.63, 3.8) is 0 Å². The van der Waals surface area contributed by atoms with Crippen LogP contribution in [0.5, 0.6) is 0 Å². The van der Waals surface area contributed by atoms with Crippen molar-refractivity contribution in [2.75, 3.05) is 11.4 Å². The van der Waals surface area contributed by atoms with E-state index in [1.165, 1.54) is 5.56 Å². The Labute approximate surface area is 109 Å². The van der Waals surface area contributed by atoms with Crippen molar-refractivity contribution in [1.82, 2.24) is 0 Å². The van der Waals surface area contributed by atoms with Gasteiger partial charge in [-0.3, -0.25) is 4.79 Å². The Bertz CT molecular complexity index is 417. The molecule has 1 aromatic rings. The van der Waals surface area contributed by atoms with Gasteiger partial charge in [-0.25, -0.2) is 0 Å². The van der Waals surface area contributed by atoms with Gasteiger partial charge >= 0.3 is 0 Å². The summed E-state index contributed by atoms with van der Waals surface area (Å²) < 4.78 is 0. The minimum atomic E-state index is 0.0648. The minimum absolute atomic E-state index is 0.0648. The molecule has 1 atom stereocenters. The number of hydrogen-bond acceptors (Lipinski definition) is 2. The Morgan fingerprint density at radius 2 is 2.17 bits per heavy atom. The van der Waals surface area contributed by atoms with Crippen LogP contribution in [0.4, 0.5) is 5.69 Å². The zero-order valence-electron chi connectivity index (χ0n) is 11.1. The summed E-state index contributed by atoms with van der Waals surface area (Å²) in [6, 6.07) is 8.16. The maximum atomic E-state index is 12.3. The molecule has 18 heavy (non-hydrogen) atoms. The summed E-state index contributed by atoms with van der Waals surface area (Å²) in [6.07, 6.45) is 4.74. The van der Waals surface area contributed by atoms with Gasteiger partial charge < -0.3 is 10.6 Å². The highest BCUT2D eigenvalue weighted by Gasteiger charge is 2.25. The van der Waals surface area contributed by atoms with Crippen LogP contribution in [0.3, 0.4) is 0 Å². The fraction of sp³-hybridized carbons (Fsp3) is 0.533. The highest BCUT2D eigenvalue weighted by atomic mass is 16.2. The molecule has 1 aliphatic heterocycles. The highest BCUT2D eigenvalue weighted by molar-refractivity contribution is 5.94. The second-order valence-electron chi connectivity index (χ2n) is 5.05. The summed E-state index contributed by atoms with van der Waals surface area (Å²) in [6.45, 7) is 2.80. The molecular weight excluding hydrogens is 224 g/mol. The first kappa shape index (κ1) is 13.1. The number of rotatable bonds is 4. The summed E-state index contributed by atoms with van der Waals surface area (Å²) in [5, 5.41) is 0. The molecule has 1 heterocycles. The van der Waals surface area contributed by atoms with Crippen LogP contribution in [0.15, 0.2) is 24.3 Å². The Morgan fingerprint density at radius 1 is 1.39 bits per heavy atom. The van der Waals surface area contributed by atoms with Crippen molar-refractivity contribution >= 4 is 11.6 Å². The second kappa shape index (κ2) is 6.01. The first-order chi connectivity index (χ1) is 8.72. The molecule has 0 aliphatic carbocycles. The van der Waals surface area contributed by atoms with E-state index in [9.17, 15) is 4.79 Å². The van der Waals surface area contributed by atoms with Gasteiger partial charge in [0.05, 0.1) is 0 Å². The zero-order chi connectivity index (χ0) is 13.0. The molecule has 1 aromatic carbocycles. The minimum Gasteiger partial charge on any atom is -0.326 e. The zero-order valence-corrected chi connectivity index (χ0v) is 11.1. The standard InChI is InChI=1S/C15H22N2O/c1-2-3-4-9-15(18)17-11-13(16)10-12-7-5-6-8-14(12)17/h5-8,13H,2-4,9-11,16H2,1H3. The van der Waals surface area contributed by atoms with Crippen LogP contribution in [-0.4, -0.2) is 18.5 Å². The number of para-hydroxylation sites is 1. The Balaban J connectivity index is 2.10. The predicted molar refractivity (Wildman–Crippen MR) is 74.6 cm³/mol. The SMILES string of the molecule is CCCCCC(=O)N1CC(N)Cc2ccccc21. The van der Waals surface area contributed by atoms with Gasteiger partial charge in [-0.1, -0.05) is 38.0 Å². The molecule has 0 spiro atoms. The number of benzene rings is 1. The van der Waals surface area contributed by atoms with Gasteiger partial charge in [0.25, 0.3) is 0 Å². The summed E-state index contributed by atoms with van der Waals surface area (Å²) in [4.78, 5) is 14.1. The van der Waals surface area contributed by atoms with Crippen molar-refractivity contribution in [1.29, 1.82) is 0 Å². The number of nitrogens with zero attached hydrogens (tertiary/aromatic N) is 1. The van der Waals surface area contributed by atoms with E-state index in [1.54, 1.807) is 0 Å². The number of carbonyl (C=O) groups excluding carboxylic acids is 1. The highest BCUT2D eigenvalue weighted by Crippen LogP contribution is 2.27. The van der Waals surface area contributed by atoms with Gasteiger partial charge in [-0.2, -0.15) is 0 Å². The van der Waals surface area contributed by atoms with E-state index in [-0.39, 0.29) is 11.9 Å². The van der Waals surface area contributed by atoms with Gasteiger partial charge in [-0.15, -0.1) is 0 Å². The van der Waals surface area contributed by atoms with E-state index in [1.807, 2.05) is 23.1 Å². The predicted octanol–water partition coefficient (Wildman–Crippen LogP) is 2.48. The van der Waals surface area contributed by atoms with Crippen molar-refractivity contribution in [3.05, 3.63) is 29.8 Å². The van der Waals surface area contributed by atoms with Gasteiger partial charge in [0.15, 0.2) is 0 Å². The van der Waals surface area contributed by atoms with Crippen LogP contribution in [0.25, 0.3) is 0 Å². The second-order valence-corrected chi connectivity index (χ2v) is 5.05. The molecule has 0 saturated carbocycles. The topological polar surface area (TPSA) is 46.3 Å². The monoisotopic (exact) mass is 246 g/mol. The van der Waals surface area contributed by atoms with E-state index in [0.29, 0.717) is 13.0 Å². The lowest BCUT2D eigenvalue weighted by Gasteiger charge is -2.33. The lowest BCUT2D eigenvalue weighted by atomic mass is 9.98. The molecule has 98 valence electrons. The van der Waals surface area contributed by atoms with Crippen LogP contribution in [-0.2, 0) is 11.2 Å². The van der Waals surface area contributed by atoms with Crippen LogP contribution in [0.1, 0.15) is 38.2 Å². The maximum Gasteiger partial charge on any atom is 0.227 e. The third-order valence-corrected chi connectivity index (χ3v) is 3.48. The maximum absolute atomic E-state index is 12.3. The molecule has 1 amide bonds. The molecular formula is C15H22N2O. The number of amides is 1. The normalized spacial score (nSPS) is 18.6. The molecule has 2 rings (SSSR count). The fourth-order valence-electron chi connectivity index (χ4n) is 2.52. The van der Waals surface area contributed by atoms with Gasteiger partial charge in [0.2, 0.25) is 5.91 Å². The van der Waals surface area contributed by atoms with E-state index < -0.39 is 0 Å². The van der Waals surface area contributed by atoms with Gasteiger partial charge in [0, 0.05) is 24.7 Å². The van der Waals surface area contributed by atoms with E-state index >= 15 is 0 Å². The van der Waals surface area contributed by atoms with Gasteiger partial charge in [-0.05, 0) is 24.5 Å². The Morgan fingerprint density at radius 3 is 2.94 bits per heavy atom.